The van der Waals surface area contributed by atoms with Crippen molar-refractivity contribution >= 4 is 5.95 Å². The monoisotopic (exact) mass is 280 g/mol. The van der Waals surface area contributed by atoms with Crippen molar-refractivity contribution in [3.8, 4) is 0 Å². The third kappa shape index (κ3) is 5.06. The number of hydrogen-bond donors (Lipinski definition) is 1. The molecule has 0 bridgehead atoms. The Morgan fingerprint density at radius 1 is 1.40 bits per heavy atom. The SMILES string of the molecule is COCC(C)N(C)c1ncc(CNC(C)(C)C)c(C)n1. The van der Waals surface area contributed by atoms with Gasteiger partial charge in [0.2, 0.25) is 5.95 Å². The zero-order chi connectivity index (χ0) is 15.3. The highest BCUT2D eigenvalue weighted by Gasteiger charge is 2.14. The van der Waals surface area contributed by atoms with E-state index in [0.717, 1.165) is 23.8 Å². The molecule has 0 saturated carbocycles. The van der Waals surface area contributed by atoms with Crippen LogP contribution in [0.5, 0.6) is 0 Å². The highest BCUT2D eigenvalue weighted by molar-refractivity contribution is 5.33. The molecule has 0 saturated heterocycles. The standard InChI is InChI=1S/C15H28N4O/c1-11(10-20-7)19(6)14-16-8-13(12(2)18-14)9-17-15(3,4)5/h8,11,17H,9-10H2,1-7H3. The summed E-state index contributed by atoms with van der Waals surface area (Å²) in [6, 6.07) is 0.248. The van der Waals surface area contributed by atoms with Crippen molar-refractivity contribution in [3.05, 3.63) is 17.5 Å². The molecule has 1 atom stereocenters. The van der Waals surface area contributed by atoms with Crippen molar-refractivity contribution < 1.29 is 4.74 Å². The molecule has 0 amide bonds. The predicted molar refractivity (Wildman–Crippen MR) is 83.1 cm³/mol. The second kappa shape index (κ2) is 6.99. The predicted octanol–water partition coefficient (Wildman–Crippen LogP) is 2.14. The molecule has 0 spiro atoms. The molecule has 0 fully saturated rings. The summed E-state index contributed by atoms with van der Waals surface area (Å²) in [6.45, 7) is 12.0. The lowest BCUT2D eigenvalue weighted by atomic mass is 10.1. The van der Waals surface area contributed by atoms with Crippen molar-refractivity contribution in [2.24, 2.45) is 0 Å². The van der Waals surface area contributed by atoms with Crippen LogP contribution in [0.4, 0.5) is 5.95 Å². The molecule has 0 aliphatic carbocycles. The first kappa shape index (κ1) is 16.9. The molecule has 1 aromatic rings. The third-order valence-electron chi connectivity index (χ3n) is 3.26. The van der Waals surface area contributed by atoms with Crippen molar-refractivity contribution in [3.63, 3.8) is 0 Å². The van der Waals surface area contributed by atoms with E-state index >= 15 is 0 Å². The van der Waals surface area contributed by atoms with Gasteiger partial charge in [-0.1, -0.05) is 0 Å². The minimum absolute atomic E-state index is 0.0921. The van der Waals surface area contributed by atoms with Crippen LogP contribution in [-0.2, 0) is 11.3 Å². The molecule has 1 rings (SSSR count). The molecule has 5 nitrogen and oxygen atoms in total. The van der Waals surface area contributed by atoms with Gasteiger partial charge in [0.25, 0.3) is 0 Å². The second-order valence-electron chi connectivity index (χ2n) is 6.30. The second-order valence-corrected chi connectivity index (χ2v) is 6.30. The normalized spacial score (nSPS) is 13.3. The average Bonchev–Trinajstić information content (AvgIpc) is 2.35. The van der Waals surface area contributed by atoms with Crippen LogP contribution in [0.1, 0.15) is 39.0 Å². The molecule has 0 aliphatic heterocycles. The summed E-state index contributed by atoms with van der Waals surface area (Å²) in [6.07, 6.45) is 1.91. The zero-order valence-electron chi connectivity index (χ0n) is 13.8. The molecule has 1 N–H and O–H groups in total. The number of nitrogens with one attached hydrogen (secondary N) is 1. The Morgan fingerprint density at radius 2 is 2.05 bits per heavy atom. The van der Waals surface area contributed by atoms with Crippen LogP contribution in [0.25, 0.3) is 0 Å². The lowest BCUT2D eigenvalue weighted by Crippen LogP contribution is -2.36. The number of rotatable bonds is 6. The molecule has 5 heteroatoms. The van der Waals surface area contributed by atoms with Crippen molar-refractivity contribution in [1.29, 1.82) is 0 Å². The van der Waals surface area contributed by atoms with Gasteiger partial charge in [0.05, 0.1) is 12.6 Å². The van der Waals surface area contributed by atoms with Crippen molar-refractivity contribution in [1.82, 2.24) is 15.3 Å². The Hall–Kier alpha value is -1.20. The van der Waals surface area contributed by atoms with Gasteiger partial charge in [0.1, 0.15) is 0 Å². The van der Waals surface area contributed by atoms with E-state index in [1.165, 1.54) is 0 Å². The Labute approximate surface area is 122 Å². The van der Waals surface area contributed by atoms with E-state index in [-0.39, 0.29) is 11.6 Å². The van der Waals surface area contributed by atoms with E-state index in [9.17, 15) is 0 Å². The number of methoxy groups -OCH3 is 1. The third-order valence-corrected chi connectivity index (χ3v) is 3.26. The van der Waals surface area contributed by atoms with Gasteiger partial charge < -0.3 is 15.0 Å². The Morgan fingerprint density at radius 3 is 2.55 bits per heavy atom. The molecule has 0 radical (unpaired) electrons. The van der Waals surface area contributed by atoms with Gasteiger partial charge >= 0.3 is 0 Å². The van der Waals surface area contributed by atoms with Crippen LogP contribution in [0.3, 0.4) is 0 Å². The van der Waals surface area contributed by atoms with Crippen LogP contribution in [-0.4, -0.2) is 42.3 Å². The van der Waals surface area contributed by atoms with E-state index in [1.807, 2.05) is 25.1 Å². The maximum Gasteiger partial charge on any atom is 0.225 e. The van der Waals surface area contributed by atoms with E-state index in [2.05, 4.69) is 43.0 Å². The first-order valence-corrected chi connectivity index (χ1v) is 7.04. The molecule has 0 aliphatic rings. The number of aryl methyl sites for hydroxylation is 1. The average molecular weight is 280 g/mol. The maximum absolute atomic E-state index is 5.17. The number of aromatic nitrogens is 2. The summed E-state index contributed by atoms with van der Waals surface area (Å²) in [5.74, 6) is 0.742. The Bertz CT molecular complexity index is 428. The van der Waals surface area contributed by atoms with E-state index in [1.54, 1.807) is 7.11 Å². The van der Waals surface area contributed by atoms with E-state index < -0.39 is 0 Å². The lowest BCUT2D eigenvalue weighted by Gasteiger charge is -2.25. The summed E-state index contributed by atoms with van der Waals surface area (Å²) in [5, 5.41) is 3.46. The van der Waals surface area contributed by atoms with Crippen molar-refractivity contribution in [2.45, 2.75) is 52.7 Å². The first-order chi connectivity index (χ1) is 9.24. The van der Waals surface area contributed by atoms with E-state index in [4.69, 9.17) is 4.74 Å². The number of likely N-dealkylation sites (N-methyl/N-ethyl adjacent to an activating group) is 1. The fourth-order valence-corrected chi connectivity index (χ4v) is 1.73. The van der Waals surface area contributed by atoms with Crippen LogP contribution >= 0.6 is 0 Å². The molecule has 114 valence electrons. The van der Waals surface area contributed by atoms with Gasteiger partial charge in [0.15, 0.2) is 0 Å². The van der Waals surface area contributed by atoms with Gasteiger partial charge in [0, 0.05) is 43.7 Å². The van der Waals surface area contributed by atoms with Crippen LogP contribution < -0.4 is 10.2 Å². The van der Waals surface area contributed by atoms with Crippen molar-refractivity contribution in [2.75, 3.05) is 25.7 Å². The van der Waals surface area contributed by atoms with Gasteiger partial charge in [-0.2, -0.15) is 0 Å². The summed E-state index contributed by atoms with van der Waals surface area (Å²) in [4.78, 5) is 11.1. The molecule has 0 aromatic carbocycles. The van der Waals surface area contributed by atoms with Gasteiger partial charge in [-0.15, -0.1) is 0 Å². The number of hydrogen-bond acceptors (Lipinski definition) is 5. The van der Waals surface area contributed by atoms with Gasteiger partial charge in [-0.05, 0) is 34.6 Å². The van der Waals surface area contributed by atoms with Crippen LogP contribution in [0.15, 0.2) is 6.20 Å². The lowest BCUT2D eigenvalue weighted by molar-refractivity contribution is 0.183. The number of ether oxygens (including phenoxy) is 1. The smallest absolute Gasteiger partial charge is 0.225 e. The molecule has 1 aromatic heterocycles. The molecular formula is C15H28N4O. The Kier molecular flexibility index (Phi) is 5.89. The van der Waals surface area contributed by atoms with Gasteiger partial charge in [-0.3, -0.25) is 0 Å². The summed E-state index contributed by atoms with van der Waals surface area (Å²) >= 11 is 0. The number of nitrogens with zero attached hydrogens (tertiary/aromatic N) is 3. The van der Waals surface area contributed by atoms with Crippen LogP contribution in [0, 0.1) is 6.92 Å². The fourth-order valence-electron chi connectivity index (χ4n) is 1.73. The quantitative estimate of drug-likeness (QED) is 0.865. The summed E-state index contributed by atoms with van der Waals surface area (Å²) in [7, 11) is 3.70. The Balaban J connectivity index is 2.77. The summed E-state index contributed by atoms with van der Waals surface area (Å²) < 4.78 is 5.17. The van der Waals surface area contributed by atoms with Gasteiger partial charge in [-0.25, -0.2) is 9.97 Å². The van der Waals surface area contributed by atoms with Crippen LogP contribution in [0.2, 0.25) is 0 Å². The minimum Gasteiger partial charge on any atom is -0.383 e. The summed E-state index contributed by atoms with van der Waals surface area (Å²) in [5.41, 5.74) is 2.24. The largest absolute Gasteiger partial charge is 0.383 e. The fraction of sp³-hybridized carbons (Fsp3) is 0.733. The zero-order valence-corrected chi connectivity index (χ0v) is 13.8. The topological polar surface area (TPSA) is 50.3 Å². The highest BCUT2D eigenvalue weighted by Crippen LogP contribution is 2.13. The maximum atomic E-state index is 5.17. The first-order valence-electron chi connectivity index (χ1n) is 7.04. The number of anilines is 1. The minimum atomic E-state index is 0.0921. The molecule has 1 unspecified atom stereocenters. The molecule has 1 heterocycles. The molecule has 20 heavy (non-hydrogen) atoms. The van der Waals surface area contributed by atoms with E-state index in [0.29, 0.717) is 6.61 Å². The molecular weight excluding hydrogens is 252 g/mol. The highest BCUT2D eigenvalue weighted by atomic mass is 16.5.